The van der Waals surface area contributed by atoms with Gasteiger partial charge in [-0.05, 0) is 61.5 Å². The van der Waals surface area contributed by atoms with E-state index in [1.165, 1.54) is 0 Å². The summed E-state index contributed by atoms with van der Waals surface area (Å²) in [6, 6.07) is 18.0. The monoisotopic (exact) mass is 418 g/mol. The Kier molecular flexibility index (Phi) is 6.27. The van der Waals surface area contributed by atoms with E-state index < -0.39 is 0 Å². The van der Waals surface area contributed by atoms with Gasteiger partial charge in [-0.1, -0.05) is 6.07 Å². The number of carbonyl (C=O) groups is 1. The van der Waals surface area contributed by atoms with Gasteiger partial charge >= 0.3 is 0 Å². The summed E-state index contributed by atoms with van der Waals surface area (Å²) in [6.07, 6.45) is 1.70. The molecule has 2 N–H and O–H groups in total. The zero-order valence-electron chi connectivity index (χ0n) is 17.0. The number of carbonyl (C=O) groups excluding carboxylic acids is 1. The molecule has 0 saturated carbocycles. The Morgan fingerprint density at radius 3 is 2.71 bits per heavy atom. The predicted octanol–water partition coefficient (Wildman–Crippen LogP) is 3.61. The Morgan fingerprint density at radius 2 is 1.94 bits per heavy atom. The second kappa shape index (κ2) is 9.62. The lowest BCUT2D eigenvalue weighted by atomic mass is 10.2. The summed E-state index contributed by atoms with van der Waals surface area (Å²) in [5.74, 6) is 1.91. The largest absolute Gasteiger partial charge is 0.494 e. The molecule has 1 amide bonds. The van der Waals surface area contributed by atoms with Gasteiger partial charge in [0.2, 0.25) is 12.8 Å². The average molecular weight is 418 g/mol. The highest BCUT2D eigenvalue weighted by Crippen LogP contribution is 2.32. The summed E-state index contributed by atoms with van der Waals surface area (Å²) in [4.78, 5) is 21.6. The fourth-order valence-corrected chi connectivity index (χ4v) is 2.92. The Balaban J connectivity index is 1.51. The number of nitrogens with zero attached hydrogens (tertiary/aromatic N) is 2. The third kappa shape index (κ3) is 5.30. The number of hydrogen-bond acceptors (Lipinski definition) is 6. The molecular formula is C23H22N4O4. The lowest BCUT2D eigenvalue weighted by molar-refractivity contribution is 0.0976. The van der Waals surface area contributed by atoms with E-state index in [-0.39, 0.29) is 12.7 Å². The first-order valence-corrected chi connectivity index (χ1v) is 9.86. The molecule has 0 spiro atoms. The maximum Gasteiger partial charge on any atom is 0.258 e. The second-order valence-corrected chi connectivity index (χ2v) is 6.59. The second-order valence-electron chi connectivity index (χ2n) is 6.59. The molecule has 0 bridgehead atoms. The van der Waals surface area contributed by atoms with Crippen LogP contribution in [0, 0.1) is 0 Å². The number of anilines is 1. The van der Waals surface area contributed by atoms with Gasteiger partial charge in [-0.25, -0.2) is 4.99 Å². The summed E-state index contributed by atoms with van der Waals surface area (Å²) in [5.41, 5.74) is 1.98. The van der Waals surface area contributed by atoms with Crippen LogP contribution in [-0.2, 0) is 6.54 Å². The molecule has 8 heteroatoms. The van der Waals surface area contributed by atoms with Crippen LogP contribution in [0.15, 0.2) is 71.9 Å². The molecule has 8 nitrogen and oxygen atoms in total. The van der Waals surface area contributed by atoms with E-state index in [9.17, 15) is 4.79 Å². The Morgan fingerprint density at radius 1 is 1.10 bits per heavy atom. The molecule has 31 heavy (non-hydrogen) atoms. The van der Waals surface area contributed by atoms with Crippen LogP contribution in [0.1, 0.15) is 23.0 Å². The minimum Gasteiger partial charge on any atom is -0.494 e. The number of rotatable bonds is 6. The fourth-order valence-electron chi connectivity index (χ4n) is 2.92. The van der Waals surface area contributed by atoms with Gasteiger partial charge in [0, 0.05) is 17.4 Å². The first-order chi connectivity index (χ1) is 15.2. The summed E-state index contributed by atoms with van der Waals surface area (Å²) >= 11 is 0. The number of aromatic nitrogens is 1. The highest BCUT2D eigenvalue weighted by Gasteiger charge is 2.17. The van der Waals surface area contributed by atoms with E-state index >= 15 is 0 Å². The normalized spacial score (nSPS) is 12.4. The molecule has 1 aliphatic heterocycles. The van der Waals surface area contributed by atoms with Crippen LogP contribution in [0.5, 0.6) is 17.2 Å². The van der Waals surface area contributed by atoms with Crippen LogP contribution in [0.2, 0.25) is 0 Å². The van der Waals surface area contributed by atoms with Crippen LogP contribution in [0.4, 0.5) is 5.69 Å². The van der Waals surface area contributed by atoms with Crippen LogP contribution in [-0.4, -0.2) is 30.3 Å². The van der Waals surface area contributed by atoms with Crippen LogP contribution in [0.3, 0.4) is 0 Å². The standard InChI is InChI=1S/C23H22N4O4/c1-2-29-19-9-7-17(8-10-19)26-23(25-14-18-5-3-4-12-24-18)27-22(28)16-6-11-20-21(13-16)31-15-30-20/h3-13H,2,14-15H2,1H3,(H2,25,26,27,28). The number of amides is 1. The van der Waals surface area contributed by atoms with E-state index in [4.69, 9.17) is 14.2 Å². The first-order valence-electron chi connectivity index (χ1n) is 9.86. The molecular weight excluding hydrogens is 396 g/mol. The Hall–Kier alpha value is -4.07. The van der Waals surface area contributed by atoms with Crippen LogP contribution in [0.25, 0.3) is 0 Å². The summed E-state index contributed by atoms with van der Waals surface area (Å²) in [7, 11) is 0. The van der Waals surface area contributed by atoms with Crippen molar-refractivity contribution in [1.82, 2.24) is 10.3 Å². The number of benzene rings is 2. The van der Waals surface area contributed by atoms with E-state index in [1.807, 2.05) is 49.4 Å². The average Bonchev–Trinajstić information content (AvgIpc) is 3.27. The van der Waals surface area contributed by atoms with Crippen molar-refractivity contribution < 1.29 is 19.0 Å². The molecule has 2 heterocycles. The molecule has 1 aliphatic rings. The predicted molar refractivity (Wildman–Crippen MR) is 117 cm³/mol. The molecule has 0 fully saturated rings. The zero-order chi connectivity index (χ0) is 21.5. The molecule has 158 valence electrons. The number of hydrogen-bond donors (Lipinski definition) is 2. The third-order valence-electron chi connectivity index (χ3n) is 4.42. The van der Waals surface area contributed by atoms with Crippen molar-refractivity contribution in [3.63, 3.8) is 0 Å². The van der Waals surface area contributed by atoms with Crippen molar-refractivity contribution >= 4 is 17.6 Å². The molecule has 0 unspecified atom stereocenters. The molecule has 0 radical (unpaired) electrons. The lowest BCUT2D eigenvalue weighted by Crippen LogP contribution is -2.36. The van der Waals surface area contributed by atoms with Gasteiger partial charge in [0.05, 0.1) is 18.8 Å². The minimum atomic E-state index is -0.323. The first kappa shape index (κ1) is 20.2. The zero-order valence-corrected chi connectivity index (χ0v) is 17.0. The highest BCUT2D eigenvalue weighted by atomic mass is 16.7. The summed E-state index contributed by atoms with van der Waals surface area (Å²) in [5, 5.41) is 5.98. The maximum absolute atomic E-state index is 12.8. The molecule has 3 aromatic rings. The van der Waals surface area contributed by atoms with E-state index in [0.29, 0.717) is 36.2 Å². The molecule has 0 saturated heterocycles. The van der Waals surface area contributed by atoms with Gasteiger partial charge in [-0.15, -0.1) is 0 Å². The fraction of sp³-hybridized carbons (Fsp3) is 0.174. The van der Waals surface area contributed by atoms with E-state index in [2.05, 4.69) is 20.6 Å². The molecule has 1 aromatic heterocycles. The van der Waals surface area contributed by atoms with E-state index in [0.717, 1.165) is 17.1 Å². The van der Waals surface area contributed by atoms with Crippen molar-refractivity contribution in [2.45, 2.75) is 13.5 Å². The Labute approximate surface area is 179 Å². The van der Waals surface area contributed by atoms with Gasteiger partial charge in [0.1, 0.15) is 5.75 Å². The van der Waals surface area contributed by atoms with E-state index in [1.54, 1.807) is 24.4 Å². The number of pyridine rings is 1. The van der Waals surface area contributed by atoms with Crippen molar-refractivity contribution in [3.05, 3.63) is 78.1 Å². The number of guanidine groups is 1. The molecule has 0 aliphatic carbocycles. The molecule has 2 aromatic carbocycles. The van der Waals surface area contributed by atoms with Crippen molar-refractivity contribution in [2.75, 3.05) is 18.7 Å². The van der Waals surface area contributed by atoms with Gasteiger partial charge < -0.3 is 19.5 Å². The lowest BCUT2D eigenvalue weighted by Gasteiger charge is -2.13. The molecule has 0 atom stereocenters. The number of nitrogens with one attached hydrogen (secondary N) is 2. The minimum absolute atomic E-state index is 0.149. The van der Waals surface area contributed by atoms with Crippen molar-refractivity contribution in [3.8, 4) is 17.2 Å². The smallest absolute Gasteiger partial charge is 0.258 e. The van der Waals surface area contributed by atoms with Crippen LogP contribution >= 0.6 is 0 Å². The summed E-state index contributed by atoms with van der Waals surface area (Å²) < 4.78 is 16.1. The SMILES string of the molecule is CCOc1ccc(NC(=NCc2ccccn2)NC(=O)c2ccc3c(c2)OCO3)cc1. The Bertz CT molecular complexity index is 1070. The molecule has 4 rings (SSSR count). The van der Waals surface area contributed by atoms with Gasteiger partial charge in [-0.2, -0.15) is 0 Å². The number of fused-ring (bicyclic) bond motifs is 1. The topological polar surface area (TPSA) is 94.1 Å². The number of aliphatic imine (C=N–C) groups is 1. The highest BCUT2D eigenvalue weighted by molar-refractivity contribution is 6.10. The third-order valence-corrected chi connectivity index (χ3v) is 4.42. The summed E-state index contributed by atoms with van der Waals surface area (Å²) in [6.45, 7) is 2.98. The van der Waals surface area contributed by atoms with Gasteiger partial charge in [-0.3, -0.25) is 15.1 Å². The maximum atomic E-state index is 12.8. The van der Waals surface area contributed by atoms with Gasteiger partial charge in [0.25, 0.3) is 5.91 Å². The number of ether oxygens (including phenoxy) is 3. The van der Waals surface area contributed by atoms with Gasteiger partial charge in [0.15, 0.2) is 11.5 Å². The quantitative estimate of drug-likeness (QED) is 0.469. The van der Waals surface area contributed by atoms with Crippen LogP contribution < -0.4 is 24.8 Å². The van der Waals surface area contributed by atoms with Crippen molar-refractivity contribution in [1.29, 1.82) is 0 Å². The van der Waals surface area contributed by atoms with Crippen molar-refractivity contribution in [2.24, 2.45) is 4.99 Å².